The molecule has 2 aliphatic rings. The molecule has 1 heterocycles. The zero-order chi connectivity index (χ0) is 12.5. The van der Waals surface area contributed by atoms with Crippen LogP contribution in [0.2, 0.25) is 0 Å². The van der Waals surface area contributed by atoms with E-state index in [1.165, 1.54) is 24.8 Å². The molecule has 1 aliphatic heterocycles. The number of hydrogen-bond donors (Lipinski definition) is 1. The average Bonchev–Trinajstić information content (AvgIpc) is 2.94. The summed E-state index contributed by atoms with van der Waals surface area (Å²) in [6.07, 6.45) is 3.25. The molecule has 0 aromatic heterocycles. The Bertz CT molecular complexity index is 393. The molecule has 1 saturated heterocycles. The van der Waals surface area contributed by atoms with Crippen LogP contribution in [0.25, 0.3) is 0 Å². The summed E-state index contributed by atoms with van der Waals surface area (Å²) in [6.45, 7) is 2.66. The first-order valence-corrected chi connectivity index (χ1v) is 6.91. The maximum Gasteiger partial charge on any atom is 0.109 e. The van der Waals surface area contributed by atoms with Gasteiger partial charge >= 0.3 is 0 Å². The van der Waals surface area contributed by atoms with Crippen molar-refractivity contribution in [2.45, 2.75) is 51.0 Å². The molecule has 0 bridgehead atoms. The minimum Gasteiger partial charge on any atom is -0.391 e. The normalized spacial score (nSPS) is 33.6. The monoisotopic (exact) mass is 247 g/mol. The summed E-state index contributed by atoms with van der Waals surface area (Å²) >= 11 is 0. The van der Waals surface area contributed by atoms with Gasteiger partial charge in [0.15, 0.2) is 0 Å². The van der Waals surface area contributed by atoms with Crippen molar-refractivity contribution < 1.29 is 9.94 Å². The SMILES string of the molecule is C[C@@H](O)[C@@H]1ON(Cc2ccccc2)[C@H]2CCC[C@@H]12. The standard InChI is InChI=1S/C15H21NO2/c1-11(17)15-13-8-5-9-14(13)16(18-15)10-12-6-3-2-4-7-12/h2-4,6-7,11,13-15,17H,5,8-10H2,1H3/t11-,13-,14+,15+/m1/s1. The lowest BCUT2D eigenvalue weighted by Gasteiger charge is -2.22. The second kappa shape index (κ2) is 5.00. The highest BCUT2D eigenvalue weighted by Gasteiger charge is 2.47. The fourth-order valence-corrected chi connectivity index (χ4v) is 3.39. The summed E-state index contributed by atoms with van der Waals surface area (Å²) in [5, 5.41) is 11.9. The molecule has 3 heteroatoms. The van der Waals surface area contributed by atoms with E-state index in [1.54, 1.807) is 0 Å². The number of hydrogen-bond acceptors (Lipinski definition) is 3. The third kappa shape index (κ3) is 2.18. The van der Waals surface area contributed by atoms with Gasteiger partial charge in [0.25, 0.3) is 0 Å². The summed E-state index contributed by atoms with van der Waals surface area (Å²) < 4.78 is 0. The second-order valence-electron chi connectivity index (χ2n) is 5.53. The van der Waals surface area contributed by atoms with E-state index in [9.17, 15) is 5.11 Å². The van der Waals surface area contributed by atoms with Crippen molar-refractivity contribution in [1.82, 2.24) is 5.06 Å². The molecule has 1 aromatic carbocycles. The summed E-state index contributed by atoms with van der Waals surface area (Å²) in [7, 11) is 0. The van der Waals surface area contributed by atoms with E-state index in [-0.39, 0.29) is 12.2 Å². The van der Waals surface area contributed by atoms with Crippen LogP contribution in [0.4, 0.5) is 0 Å². The molecule has 2 fully saturated rings. The Morgan fingerprint density at radius 2 is 2.11 bits per heavy atom. The van der Waals surface area contributed by atoms with Crippen molar-refractivity contribution in [2.24, 2.45) is 5.92 Å². The first-order chi connectivity index (χ1) is 8.75. The van der Waals surface area contributed by atoms with Gasteiger partial charge in [-0.3, -0.25) is 4.84 Å². The smallest absolute Gasteiger partial charge is 0.109 e. The molecule has 98 valence electrons. The van der Waals surface area contributed by atoms with Crippen LogP contribution in [0.5, 0.6) is 0 Å². The third-order valence-corrected chi connectivity index (χ3v) is 4.24. The molecule has 3 nitrogen and oxygen atoms in total. The number of hydroxylamine groups is 2. The first kappa shape index (κ1) is 12.2. The number of nitrogens with zero attached hydrogens (tertiary/aromatic N) is 1. The Morgan fingerprint density at radius 1 is 1.33 bits per heavy atom. The van der Waals surface area contributed by atoms with E-state index < -0.39 is 0 Å². The third-order valence-electron chi connectivity index (χ3n) is 4.24. The van der Waals surface area contributed by atoms with Crippen LogP contribution in [0.15, 0.2) is 30.3 Å². The van der Waals surface area contributed by atoms with Gasteiger partial charge in [0.1, 0.15) is 6.10 Å². The maximum atomic E-state index is 9.83. The van der Waals surface area contributed by atoms with Crippen LogP contribution < -0.4 is 0 Å². The lowest BCUT2D eigenvalue weighted by Crippen LogP contribution is -2.29. The van der Waals surface area contributed by atoms with E-state index in [0.29, 0.717) is 12.0 Å². The lowest BCUT2D eigenvalue weighted by molar-refractivity contribution is -0.192. The predicted molar refractivity (Wildman–Crippen MR) is 69.7 cm³/mol. The van der Waals surface area contributed by atoms with Gasteiger partial charge in [-0.15, -0.1) is 0 Å². The fourth-order valence-electron chi connectivity index (χ4n) is 3.39. The summed E-state index contributed by atoms with van der Waals surface area (Å²) in [5.74, 6) is 0.508. The largest absolute Gasteiger partial charge is 0.391 e. The zero-order valence-electron chi connectivity index (χ0n) is 10.8. The number of aliphatic hydroxyl groups excluding tert-OH is 1. The molecule has 4 atom stereocenters. The van der Waals surface area contributed by atoms with Crippen molar-refractivity contribution in [3.05, 3.63) is 35.9 Å². The number of rotatable bonds is 3. The molecule has 1 N–H and O–H groups in total. The lowest BCUT2D eigenvalue weighted by atomic mass is 9.95. The molecular weight excluding hydrogens is 226 g/mol. The quantitative estimate of drug-likeness (QED) is 0.890. The van der Waals surface area contributed by atoms with Gasteiger partial charge in [-0.1, -0.05) is 36.8 Å². The Morgan fingerprint density at radius 3 is 2.83 bits per heavy atom. The molecule has 0 radical (unpaired) electrons. The van der Waals surface area contributed by atoms with Crippen molar-refractivity contribution in [3.8, 4) is 0 Å². The highest BCUT2D eigenvalue weighted by atomic mass is 16.7. The van der Waals surface area contributed by atoms with Gasteiger partial charge in [-0.2, -0.15) is 5.06 Å². The minimum atomic E-state index is -0.378. The average molecular weight is 247 g/mol. The van der Waals surface area contributed by atoms with Gasteiger partial charge in [-0.05, 0) is 25.3 Å². The zero-order valence-corrected chi connectivity index (χ0v) is 10.8. The van der Waals surface area contributed by atoms with Crippen LogP contribution in [0.3, 0.4) is 0 Å². The maximum absolute atomic E-state index is 9.83. The highest BCUT2D eigenvalue weighted by Crippen LogP contribution is 2.41. The van der Waals surface area contributed by atoms with Gasteiger partial charge in [0.2, 0.25) is 0 Å². The van der Waals surface area contributed by atoms with Crippen LogP contribution >= 0.6 is 0 Å². The molecule has 1 aromatic rings. The van der Waals surface area contributed by atoms with Crippen LogP contribution in [-0.2, 0) is 11.4 Å². The van der Waals surface area contributed by atoms with Gasteiger partial charge in [0, 0.05) is 18.5 Å². The molecule has 0 spiro atoms. The second-order valence-corrected chi connectivity index (χ2v) is 5.53. The Hall–Kier alpha value is -0.900. The molecule has 3 rings (SSSR count). The number of aliphatic hydroxyl groups is 1. The van der Waals surface area contributed by atoms with Crippen molar-refractivity contribution >= 4 is 0 Å². The summed E-state index contributed by atoms with van der Waals surface area (Å²) in [4.78, 5) is 5.98. The van der Waals surface area contributed by atoms with Crippen LogP contribution in [-0.4, -0.2) is 28.4 Å². The van der Waals surface area contributed by atoms with E-state index in [2.05, 4.69) is 29.3 Å². The summed E-state index contributed by atoms with van der Waals surface area (Å²) in [5.41, 5.74) is 1.27. The van der Waals surface area contributed by atoms with Crippen molar-refractivity contribution in [3.63, 3.8) is 0 Å². The first-order valence-electron chi connectivity index (χ1n) is 6.91. The molecule has 1 aliphatic carbocycles. The Balaban J connectivity index is 1.73. The van der Waals surface area contributed by atoms with E-state index in [4.69, 9.17) is 4.84 Å². The topological polar surface area (TPSA) is 32.7 Å². The fraction of sp³-hybridized carbons (Fsp3) is 0.600. The van der Waals surface area contributed by atoms with Crippen molar-refractivity contribution in [1.29, 1.82) is 0 Å². The summed E-state index contributed by atoms with van der Waals surface area (Å²) in [6, 6.07) is 10.9. The molecule has 1 saturated carbocycles. The molecule has 0 amide bonds. The number of benzene rings is 1. The van der Waals surface area contributed by atoms with E-state index in [0.717, 1.165) is 6.54 Å². The van der Waals surface area contributed by atoms with Gasteiger partial charge in [0.05, 0.1) is 6.10 Å². The van der Waals surface area contributed by atoms with Gasteiger partial charge in [-0.25, -0.2) is 0 Å². The van der Waals surface area contributed by atoms with E-state index >= 15 is 0 Å². The van der Waals surface area contributed by atoms with Crippen molar-refractivity contribution in [2.75, 3.05) is 0 Å². The van der Waals surface area contributed by atoms with Gasteiger partial charge < -0.3 is 5.11 Å². The number of fused-ring (bicyclic) bond motifs is 1. The van der Waals surface area contributed by atoms with E-state index in [1.807, 2.05) is 13.0 Å². The molecule has 18 heavy (non-hydrogen) atoms. The highest BCUT2D eigenvalue weighted by molar-refractivity contribution is 5.14. The molecule has 0 unspecified atom stereocenters. The Kier molecular flexibility index (Phi) is 3.37. The van der Waals surface area contributed by atoms with Crippen LogP contribution in [0, 0.1) is 5.92 Å². The minimum absolute atomic E-state index is 0.0128. The Labute approximate surface area is 108 Å². The predicted octanol–water partition coefficient (Wildman–Crippen LogP) is 2.35. The molecular formula is C15H21NO2. The van der Waals surface area contributed by atoms with Crippen LogP contribution in [0.1, 0.15) is 31.7 Å².